The maximum atomic E-state index is 12.9. The van der Waals surface area contributed by atoms with Crippen molar-refractivity contribution in [2.45, 2.75) is 24.3 Å². The summed E-state index contributed by atoms with van der Waals surface area (Å²) >= 11 is 11.9. The Morgan fingerprint density at radius 1 is 1.10 bits per heavy atom. The average molecular weight is 471 g/mol. The van der Waals surface area contributed by atoms with Gasteiger partial charge in [-0.3, -0.25) is 4.79 Å². The molecule has 0 aliphatic carbocycles. The van der Waals surface area contributed by atoms with Crippen molar-refractivity contribution in [3.05, 3.63) is 58.1 Å². The number of carbonyl (C=O) groups excluding carboxylic acids is 1. The van der Waals surface area contributed by atoms with Crippen LogP contribution in [0.25, 0.3) is 0 Å². The van der Waals surface area contributed by atoms with Crippen molar-refractivity contribution >= 4 is 39.1 Å². The third kappa shape index (κ3) is 5.09. The summed E-state index contributed by atoms with van der Waals surface area (Å²) < 4.78 is 32.4. The summed E-state index contributed by atoms with van der Waals surface area (Å²) in [6.45, 7) is 0.969. The number of benzene rings is 2. The van der Waals surface area contributed by atoms with Gasteiger partial charge in [-0.1, -0.05) is 23.2 Å². The highest BCUT2D eigenvalue weighted by Gasteiger charge is 2.33. The number of hydrogen-bond donors (Lipinski definition) is 0. The molecule has 1 fully saturated rings. The van der Waals surface area contributed by atoms with Gasteiger partial charge in [-0.05, 0) is 55.3 Å². The topological polar surface area (TPSA) is 66.9 Å². The van der Waals surface area contributed by atoms with E-state index in [1.165, 1.54) is 16.4 Å². The second-order valence-electron chi connectivity index (χ2n) is 7.28. The molecule has 2 aromatic rings. The number of nitrogens with zero attached hydrogens (tertiary/aromatic N) is 2. The van der Waals surface area contributed by atoms with Crippen LogP contribution in [0, 0.1) is 5.92 Å². The molecule has 0 radical (unpaired) electrons. The van der Waals surface area contributed by atoms with Crippen LogP contribution in [0.5, 0.6) is 5.75 Å². The van der Waals surface area contributed by atoms with Gasteiger partial charge in [0.2, 0.25) is 15.9 Å². The number of methoxy groups -OCH3 is 1. The maximum absolute atomic E-state index is 12.9. The molecule has 0 atom stereocenters. The average Bonchev–Trinajstić information content (AvgIpc) is 2.74. The highest BCUT2D eigenvalue weighted by atomic mass is 35.5. The molecule has 0 bridgehead atoms. The van der Waals surface area contributed by atoms with Crippen LogP contribution in [0.1, 0.15) is 18.4 Å². The molecule has 0 N–H and O–H groups in total. The van der Waals surface area contributed by atoms with Crippen molar-refractivity contribution in [3.8, 4) is 5.75 Å². The quantitative estimate of drug-likeness (QED) is 0.638. The standard InChI is InChI=1S/C21H24Cl2N2O4S/c1-24(14-16-13-18(23)5-8-20(16)29-2)21(26)15-9-11-25(12-10-15)30(27,28)19-6-3-17(22)4-7-19/h3-8,13,15H,9-12,14H2,1-2H3. The molecule has 1 amide bonds. The van der Waals surface area contributed by atoms with E-state index in [4.69, 9.17) is 27.9 Å². The Morgan fingerprint density at radius 2 is 1.70 bits per heavy atom. The molecule has 1 heterocycles. The molecule has 0 spiro atoms. The Labute approximate surface area is 187 Å². The third-order valence-electron chi connectivity index (χ3n) is 5.28. The lowest BCUT2D eigenvalue weighted by atomic mass is 9.96. The molecule has 6 nitrogen and oxygen atoms in total. The zero-order chi connectivity index (χ0) is 21.9. The zero-order valence-corrected chi connectivity index (χ0v) is 19.2. The van der Waals surface area contributed by atoms with Gasteiger partial charge in [0.25, 0.3) is 0 Å². The lowest BCUT2D eigenvalue weighted by molar-refractivity contribution is -0.135. The van der Waals surface area contributed by atoms with Crippen molar-refractivity contribution in [2.24, 2.45) is 5.92 Å². The Balaban J connectivity index is 1.62. The van der Waals surface area contributed by atoms with Crippen LogP contribution in [0.2, 0.25) is 10.0 Å². The fraction of sp³-hybridized carbons (Fsp3) is 0.381. The van der Waals surface area contributed by atoms with Crippen LogP contribution in [0.4, 0.5) is 0 Å². The molecule has 2 aromatic carbocycles. The Hall–Kier alpha value is -1.80. The molecule has 1 aliphatic rings. The molecule has 1 saturated heterocycles. The van der Waals surface area contributed by atoms with Gasteiger partial charge in [0.05, 0.1) is 12.0 Å². The van der Waals surface area contributed by atoms with Gasteiger partial charge in [-0.2, -0.15) is 4.31 Å². The molecule has 0 saturated carbocycles. The molecule has 3 rings (SSSR count). The van der Waals surface area contributed by atoms with E-state index < -0.39 is 10.0 Å². The van der Waals surface area contributed by atoms with Crippen molar-refractivity contribution in [1.29, 1.82) is 0 Å². The molecular formula is C21H24Cl2N2O4S. The minimum absolute atomic E-state index is 0.0134. The van der Waals surface area contributed by atoms with Gasteiger partial charge in [-0.25, -0.2) is 8.42 Å². The highest BCUT2D eigenvalue weighted by molar-refractivity contribution is 7.89. The first-order valence-electron chi connectivity index (χ1n) is 9.55. The van der Waals surface area contributed by atoms with Gasteiger partial charge in [0.15, 0.2) is 0 Å². The van der Waals surface area contributed by atoms with Crippen molar-refractivity contribution < 1.29 is 17.9 Å². The smallest absolute Gasteiger partial charge is 0.243 e. The number of hydrogen-bond acceptors (Lipinski definition) is 4. The van der Waals surface area contributed by atoms with E-state index in [-0.39, 0.29) is 16.7 Å². The minimum Gasteiger partial charge on any atom is -0.496 e. The van der Waals surface area contributed by atoms with Crippen LogP contribution in [0.15, 0.2) is 47.4 Å². The Morgan fingerprint density at radius 3 is 2.30 bits per heavy atom. The van der Waals surface area contributed by atoms with E-state index in [2.05, 4.69) is 0 Å². The molecule has 162 valence electrons. The summed E-state index contributed by atoms with van der Waals surface area (Å²) in [5.74, 6) is 0.431. The van der Waals surface area contributed by atoms with E-state index in [1.807, 2.05) is 0 Å². The minimum atomic E-state index is -3.59. The largest absolute Gasteiger partial charge is 0.496 e. The van der Waals surface area contributed by atoms with Crippen LogP contribution in [0.3, 0.4) is 0 Å². The first-order chi connectivity index (χ1) is 14.2. The number of sulfonamides is 1. The SMILES string of the molecule is COc1ccc(Cl)cc1CN(C)C(=O)C1CCN(S(=O)(=O)c2ccc(Cl)cc2)CC1. The summed E-state index contributed by atoms with van der Waals surface area (Å²) in [7, 11) is -0.281. The highest BCUT2D eigenvalue weighted by Crippen LogP contribution is 2.28. The van der Waals surface area contributed by atoms with E-state index in [1.54, 1.807) is 49.4 Å². The van der Waals surface area contributed by atoms with E-state index in [0.29, 0.717) is 48.3 Å². The third-order valence-corrected chi connectivity index (χ3v) is 7.68. The van der Waals surface area contributed by atoms with Crippen LogP contribution in [-0.4, -0.2) is 50.8 Å². The summed E-state index contributed by atoms with van der Waals surface area (Å²) in [4.78, 5) is 14.8. The van der Waals surface area contributed by atoms with Gasteiger partial charge in [0.1, 0.15) is 5.75 Å². The number of ether oxygens (including phenoxy) is 1. The molecule has 9 heteroatoms. The number of piperidine rings is 1. The van der Waals surface area contributed by atoms with Gasteiger partial charge < -0.3 is 9.64 Å². The molecular weight excluding hydrogens is 447 g/mol. The second-order valence-corrected chi connectivity index (χ2v) is 10.1. The van der Waals surface area contributed by atoms with Crippen LogP contribution in [-0.2, 0) is 21.4 Å². The molecule has 30 heavy (non-hydrogen) atoms. The van der Waals surface area contributed by atoms with Crippen LogP contribution >= 0.6 is 23.2 Å². The Bertz CT molecular complexity index is 1000. The fourth-order valence-electron chi connectivity index (χ4n) is 3.61. The zero-order valence-electron chi connectivity index (χ0n) is 16.8. The number of rotatable bonds is 6. The van der Waals surface area contributed by atoms with Gasteiger partial charge in [0, 0.05) is 48.2 Å². The van der Waals surface area contributed by atoms with E-state index >= 15 is 0 Å². The van der Waals surface area contributed by atoms with Gasteiger partial charge in [-0.15, -0.1) is 0 Å². The molecule has 0 unspecified atom stereocenters. The van der Waals surface area contributed by atoms with Crippen molar-refractivity contribution in [3.63, 3.8) is 0 Å². The first kappa shape index (κ1) is 22.9. The van der Waals surface area contributed by atoms with Crippen molar-refractivity contribution in [1.82, 2.24) is 9.21 Å². The second kappa shape index (κ2) is 9.56. The normalized spacial score (nSPS) is 15.7. The fourth-order valence-corrected chi connectivity index (χ4v) is 5.40. The predicted molar refractivity (Wildman–Crippen MR) is 117 cm³/mol. The first-order valence-corrected chi connectivity index (χ1v) is 11.7. The van der Waals surface area contributed by atoms with Crippen LogP contribution < -0.4 is 4.74 Å². The summed E-state index contributed by atoms with van der Waals surface area (Å²) in [6.07, 6.45) is 0.950. The maximum Gasteiger partial charge on any atom is 0.243 e. The number of halogens is 2. The number of amides is 1. The lowest BCUT2D eigenvalue weighted by Crippen LogP contribution is -2.43. The molecule has 1 aliphatic heterocycles. The summed E-state index contributed by atoms with van der Waals surface area (Å²) in [6, 6.07) is 11.4. The monoisotopic (exact) mass is 470 g/mol. The summed E-state index contributed by atoms with van der Waals surface area (Å²) in [5.41, 5.74) is 0.823. The summed E-state index contributed by atoms with van der Waals surface area (Å²) in [5, 5.41) is 1.06. The Kier molecular flexibility index (Phi) is 7.29. The van der Waals surface area contributed by atoms with E-state index in [9.17, 15) is 13.2 Å². The molecule has 0 aromatic heterocycles. The van der Waals surface area contributed by atoms with Gasteiger partial charge >= 0.3 is 0 Å². The van der Waals surface area contributed by atoms with Crippen molar-refractivity contribution in [2.75, 3.05) is 27.2 Å². The number of carbonyl (C=O) groups is 1. The predicted octanol–water partition coefficient (Wildman–Crippen LogP) is 4.06. The van der Waals surface area contributed by atoms with E-state index in [0.717, 1.165) is 5.56 Å². The lowest BCUT2D eigenvalue weighted by Gasteiger charge is -2.32.